The Morgan fingerprint density at radius 3 is 2.50 bits per heavy atom. The highest BCUT2D eigenvalue weighted by Gasteiger charge is 1.95. The van der Waals surface area contributed by atoms with Gasteiger partial charge in [0.15, 0.2) is 0 Å². The summed E-state index contributed by atoms with van der Waals surface area (Å²) in [7, 11) is 0. The Balaban J connectivity index is 3.53. The summed E-state index contributed by atoms with van der Waals surface area (Å²) in [5.41, 5.74) is 0. The number of rotatable bonds is 3. The van der Waals surface area contributed by atoms with Crippen molar-refractivity contribution in [2.24, 2.45) is 5.92 Å². The van der Waals surface area contributed by atoms with E-state index in [2.05, 4.69) is 32.3 Å². The molecule has 1 unspecified atom stereocenters. The molecule has 0 heterocycles. The van der Waals surface area contributed by atoms with E-state index in [4.69, 9.17) is 0 Å². The lowest BCUT2D eigenvalue weighted by atomic mass is 10.0. The quantitative estimate of drug-likeness (QED) is 0.413. The van der Waals surface area contributed by atoms with Gasteiger partial charge in [-0.15, -0.1) is 18.4 Å². The predicted molar refractivity (Wildman–Crippen MR) is 46.7 cm³/mol. The summed E-state index contributed by atoms with van der Waals surface area (Å²) >= 11 is 0. The zero-order chi connectivity index (χ0) is 7.82. The highest BCUT2D eigenvalue weighted by Crippen LogP contribution is 2.06. The molecular formula is C10H16. The number of hydrogen-bond donors (Lipinski definition) is 0. The van der Waals surface area contributed by atoms with Gasteiger partial charge in [-0.3, -0.25) is 0 Å². The van der Waals surface area contributed by atoms with Gasteiger partial charge in [0.05, 0.1) is 0 Å². The lowest BCUT2D eigenvalue weighted by Gasteiger charge is -2.01. The van der Waals surface area contributed by atoms with Gasteiger partial charge < -0.3 is 0 Å². The van der Waals surface area contributed by atoms with Gasteiger partial charge in [-0.05, 0) is 12.3 Å². The molecule has 0 rings (SSSR count). The molecule has 0 nitrogen and oxygen atoms in total. The molecule has 0 aliphatic rings. The van der Waals surface area contributed by atoms with Gasteiger partial charge >= 0.3 is 0 Å². The molecule has 0 fully saturated rings. The lowest BCUT2D eigenvalue weighted by molar-refractivity contribution is 0.649. The molecule has 0 radical (unpaired) electrons. The molecule has 0 heteroatoms. The summed E-state index contributed by atoms with van der Waals surface area (Å²) in [4.78, 5) is 0. The monoisotopic (exact) mass is 136 g/mol. The smallest absolute Gasteiger partial charge is 0.0151 e. The Kier molecular flexibility index (Phi) is 5.97. The molecule has 0 saturated carbocycles. The summed E-state index contributed by atoms with van der Waals surface area (Å²) in [6.07, 6.45) is 5.09. The van der Waals surface area contributed by atoms with E-state index in [0.29, 0.717) is 5.92 Å². The molecule has 0 aromatic heterocycles. The number of allylic oxidation sites excluding steroid dienone is 1. The maximum absolute atomic E-state index is 3.74. The van der Waals surface area contributed by atoms with Crippen LogP contribution < -0.4 is 0 Å². The first kappa shape index (κ1) is 9.30. The molecule has 0 aliphatic heterocycles. The van der Waals surface area contributed by atoms with Crippen molar-refractivity contribution in [3.05, 3.63) is 12.7 Å². The molecule has 0 aromatic carbocycles. The Hall–Kier alpha value is -0.700. The summed E-state index contributed by atoms with van der Waals surface area (Å²) in [6.45, 7) is 7.98. The molecule has 0 bridgehead atoms. The fraction of sp³-hybridized carbons (Fsp3) is 0.600. The van der Waals surface area contributed by atoms with E-state index in [9.17, 15) is 0 Å². The van der Waals surface area contributed by atoms with E-state index in [1.54, 1.807) is 0 Å². The van der Waals surface area contributed by atoms with Crippen LogP contribution in [0.25, 0.3) is 0 Å². The van der Waals surface area contributed by atoms with Crippen LogP contribution in [0.3, 0.4) is 0 Å². The van der Waals surface area contributed by atoms with Crippen molar-refractivity contribution in [2.45, 2.75) is 33.1 Å². The fourth-order valence-corrected chi connectivity index (χ4v) is 0.723. The van der Waals surface area contributed by atoms with Gasteiger partial charge in [-0.25, -0.2) is 0 Å². The largest absolute Gasteiger partial charge is 0.104 e. The van der Waals surface area contributed by atoms with Crippen LogP contribution >= 0.6 is 0 Å². The van der Waals surface area contributed by atoms with Gasteiger partial charge in [0.1, 0.15) is 0 Å². The number of hydrogen-bond acceptors (Lipinski definition) is 0. The summed E-state index contributed by atoms with van der Waals surface area (Å²) in [5.74, 6) is 6.76. The lowest BCUT2D eigenvalue weighted by Crippen LogP contribution is -1.90. The molecule has 56 valence electrons. The second-order valence-electron chi connectivity index (χ2n) is 2.32. The van der Waals surface area contributed by atoms with Crippen molar-refractivity contribution >= 4 is 0 Å². The van der Waals surface area contributed by atoms with Crippen LogP contribution in [0, 0.1) is 17.8 Å². The maximum Gasteiger partial charge on any atom is 0.0151 e. The predicted octanol–water partition coefficient (Wildman–Crippen LogP) is 3.00. The SMILES string of the molecule is C=CC(CC)CC#CCC. The molecular weight excluding hydrogens is 120 g/mol. The van der Waals surface area contributed by atoms with E-state index in [0.717, 1.165) is 19.3 Å². The Labute approximate surface area is 64.3 Å². The summed E-state index contributed by atoms with van der Waals surface area (Å²) in [6, 6.07) is 0. The van der Waals surface area contributed by atoms with Crippen LogP contribution in [0.2, 0.25) is 0 Å². The molecule has 0 amide bonds. The topological polar surface area (TPSA) is 0 Å². The van der Waals surface area contributed by atoms with Crippen LogP contribution in [-0.4, -0.2) is 0 Å². The van der Waals surface area contributed by atoms with E-state index in [-0.39, 0.29) is 0 Å². The van der Waals surface area contributed by atoms with Crippen molar-refractivity contribution in [3.63, 3.8) is 0 Å². The van der Waals surface area contributed by atoms with Crippen LogP contribution in [0.15, 0.2) is 12.7 Å². The van der Waals surface area contributed by atoms with Crippen molar-refractivity contribution < 1.29 is 0 Å². The van der Waals surface area contributed by atoms with Crippen LogP contribution in [0.1, 0.15) is 33.1 Å². The third-order valence-corrected chi connectivity index (χ3v) is 1.52. The Bertz CT molecular complexity index is 134. The summed E-state index contributed by atoms with van der Waals surface area (Å²) in [5, 5.41) is 0. The molecule has 0 spiro atoms. The van der Waals surface area contributed by atoms with Crippen molar-refractivity contribution in [3.8, 4) is 11.8 Å². The third-order valence-electron chi connectivity index (χ3n) is 1.52. The molecule has 0 aromatic rings. The molecule has 0 aliphatic carbocycles. The first-order chi connectivity index (χ1) is 4.85. The van der Waals surface area contributed by atoms with Gasteiger partial charge in [0.2, 0.25) is 0 Å². The summed E-state index contributed by atoms with van der Waals surface area (Å²) < 4.78 is 0. The first-order valence-corrected chi connectivity index (χ1v) is 3.93. The van der Waals surface area contributed by atoms with Gasteiger partial charge in [-0.1, -0.05) is 19.9 Å². The van der Waals surface area contributed by atoms with Crippen LogP contribution in [0.4, 0.5) is 0 Å². The van der Waals surface area contributed by atoms with E-state index >= 15 is 0 Å². The van der Waals surface area contributed by atoms with E-state index in [1.807, 2.05) is 6.08 Å². The molecule has 10 heavy (non-hydrogen) atoms. The van der Waals surface area contributed by atoms with Gasteiger partial charge in [0, 0.05) is 12.8 Å². The minimum absolute atomic E-state index is 0.596. The van der Waals surface area contributed by atoms with Gasteiger partial charge in [0.25, 0.3) is 0 Å². The average molecular weight is 136 g/mol. The Morgan fingerprint density at radius 2 is 2.10 bits per heavy atom. The van der Waals surface area contributed by atoms with Crippen molar-refractivity contribution in [2.75, 3.05) is 0 Å². The standard InChI is InChI=1S/C10H16/c1-4-7-8-9-10(5-2)6-3/h5,10H,2,4,6,9H2,1,3H3. The van der Waals surface area contributed by atoms with Crippen LogP contribution in [0.5, 0.6) is 0 Å². The highest BCUT2D eigenvalue weighted by molar-refractivity contribution is 5.01. The fourth-order valence-electron chi connectivity index (χ4n) is 0.723. The van der Waals surface area contributed by atoms with Crippen molar-refractivity contribution in [1.82, 2.24) is 0 Å². The molecule has 0 N–H and O–H groups in total. The first-order valence-electron chi connectivity index (χ1n) is 3.93. The maximum atomic E-state index is 3.74. The second-order valence-corrected chi connectivity index (χ2v) is 2.32. The average Bonchev–Trinajstić information content (AvgIpc) is 1.99. The zero-order valence-electron chi connectivity index (χ0n) is 6.98. The van der Waals surface area contributed by atoms with Crippen molar-refractivity contribution in [1.29, 1.82) is 0 Å². The van der Waals surface area contributed by atoms with E-state index < -0.39 is 0 Å². The minimum atomic E-state index is 0.596. The zero-order valence-corrected chi connectivity index (χ0v) is 6.98. The Morgan fingerprint density at radius 1 is 1.40 bits per heavy atom. The second kappa shape index (κ2) is 6.42. The third kappa shape index (κ3) is 4.21. The normalized spacial score (nSPS) is 11.4. The molecule has 1 atom stereocenters. The van der Waals surface area contributed by atoms with Gasteiger partial charge in [-0.2, -0.15) is 0 Å². The minimum Gasteiger partial charge on any atom is -0.104 e. The van der Waals surface area contributed by atoms with Crippen LogP contribution in [-0.2, 0) is 0 Å². The molecule has 0 saturated heterocycles. The van der Waals surface area contributed by atoms with E-state index in [1.165, 1.54) is 0 Å². The highest BCUT2D eigenvalue weighted by atomic mass is 14.0.